The predicted molar refractivity (Wildman–Crippen MR) is 144 cm³/mol. The van der Waals surface area contributed by atoms with Crippen molar-refractivity contribution in [3.63, 3.8) is 0 Å². The number of carbonyl (C=O) groups is 3. The van der Waals surface area contributed by atoms with Crippen molar-refractivity contribution in [1.29, 1.82) is 0 Å². The van der Waals surface area contributed by atoms with Crippen LogP contribution in [0.1, 0.15) is 55.5 Å². The van der Waals surface area contributed by atoms with Crippen molar-refractivity contribution in [2.75, 3.05) is 57.0 Å². The number of piperazine rings is 1. The highest BCUT2D eigenvalue weighted by Crippen LogP contribution is 2.38. The molecule has 0 aliphatic carbocycles. The Morgan fingerprint density at radius 1 is 1.19 bits per heavy atom. The van der Waals surface area contributed by atoms with Crippen molar-refractivity contribution < 1.29 is 19.1 Å². The zero-order valence-electron chi connectivity index (χ0n) is 21.9. The lowest BCUT2D eigenvalue weighted by atomic mass is 9.85. The molecule has 3 fully saturated rings. The molecule has 198 valence electrons. The largest absolute Gasteiger partial charge is 0.369 e. The number of hydrogen-bond donors (Lipinski definition) is 1. The number of nitrogens with zero attached hydrogens (tertiary/aromatic N) is 3. The average molecular weight is 517 g/mol. The number of nitrogens with two attached hydrogens (primary N) is 1. The van der Waals surface area contributed by atoms with E-state index in [1.165, 1.54) is 0 Å². The fourth-order valence-electron chi connectivity index (χ4n) is 5.88. The van der Waals surface area contributed by atoms with Crippen LogP contribution in [0.4, 0.5) is 5.69 Å². The molecule has 3 aliphatic rings. The number of hydrogen-bond acceptors (Lipinski definition) is 7. The molecule has 2 N–H and O–H groups in total. The molecule has 2 amide bonds. The van der Waals surface area contributed by atoms with Crippen LogP contribution in [0, 0.1) is 5.92 Å². The fourth-order valence-corrected chi connectivity index (χ4v) is 6.69. The van der Waals surface area contributed by atoms with Gasteiger partial charge in [0.1, 0.15) is 12.6 Å². The lowest BCUT2D eigenvalue weighted by Gasteiger charge is -2.36. The number of anilines is 1. The second kappa shape index (κ2) is 11.5. The van der Waals surface area contributed by atoms with Crippen molar-refractivity contribution in [1.82, 2.24) is 9.80 Å². The molecule has 8 nitrogen and oxygen atoms in total. The molecule has 0 spiro atoms. The van der Waals surface area contributed by atoms with Gasteiger partial charge in [-0.15, -0.1) is 0 Å². The van der Waals surface area contributed by atoms with Crippen molar-refractivity contribution in [3.8, 4) is 0 Å². The molecule has 0 bridgehead atoms. The van der Waals surface area contributed by atoms with E-state index in [9.17, 15) is 14.4 Å². The number of likely N-dealkylation sites (tertiary alicyclic amines) is 1. The summed E-state index contributed by atoms with van der Waals surface area (Å²) in [5, 5.41) is 0.0615. The highest BCUT2D eigenvalue weighted by atomic mass is 32.2. The van der Waals surface area contributed by atoms with E-state index in [0.717, 1.165) is 44.8 Å². The molecule has 3 heterocycles. The second-order valence-electron chi connectivity index (χ2n) is 10.6. The number of amides is 2. The molecule has 1 aromatic rings. The van der Waals surface area contributed by atoms with Gasteiger partial charge >= 0.3 is 0 Å². The molecule has 4 atom stereocenters. The van der Waals surface area contributed by atoms with E-state index in [0.29, 0.717) is 24.1 Å². The van der Waals surface area contributed by atoms with Crippen molar-refractivity contribution in [3.05, 3.63) is 29.3 Å². The van der Waals surface area contributed by atoms with Crippen LogP contribution in [0.3, 0.4) is 0 Å². The molecule has 0 saturated carbocycles. The van der Waals surface area contributed by atoms with Gasteiger partial charge in [-0.05, 0) is 55.3 Å². The zero-order valence-corrected chi connectivity index (χ0v) is 22.8. The van der Waals surface area contributed by atoms with Crippen LogP contribution in [0.5, 0.6) is 0 Å². The number of fused-ring (bicyclic) bond motifs is 1. The molecular weight excluding hydrogens is 476 g/mol. The Balaban J connectivity index is 1.67. The van der Waals surface area contributed by atoms with Gasteiger partial charge < -0.3 is 20.3 Å². The molecule has 0 unspecified atom stereocenters. The van der Waals surface area contributed by atoms with Crippen LogP contribution >= 0.6 is 11.8 Å². The van der Waals surface area contributed by atoms with Gasteiger partial charge in [-0.2, -0.15) is 11.8 Å². The first-order valence-corrected chi connectivity index (χ1v) is 14.4. The first-order valence-electron chi connectivity index (χ1n) is 13.1. The Bertz CT molecular complexity index is 979. The minimum Gasteiger partial charge on any atom is -0.369 e. The van der Waals surface area contributed by atoms with Crippen molar-refractivity contribution in [2.45, 2.75) is 56.9 Å². The zero-order chi connectivity index (χ0) is 26.0. The van der Waals surface area contributed by atoms with Gasteiger partial charge in [0.15, 0.2) is 5.78 Å². The third-order valence-electron chi connectivity index (χ3n) is 7.68. The summed E-state index contributed by atoms with van der Waals surface area (Å²) in [7, 11) is 0. The Morgan fingerprint density at radius 2 is 1.92 bits per heavy atom. The summed E-state index contributed by atoms with van der Waals surface area (Å²) in [6.45, 7) is 11.7. The molecule has 0 radical (unpaired) electrons. The maximum Gasteiger partial charge on any atom is 0.249 e. The quantitative estimate of drug-likeness (QED) is 0.538. The SMILES string of the molecule is CCCN1CCN(c2ccc(C(N)=O)c([C@H](CC(C)C)C(=O)N3C[C@H](SC)[C@H]4OCC(=O)[C@H]43)c2)CC1. The maximum atomic E-state index is 14.1. The monoisotopic (exact) mass is 516 g/mol. The standard InChI is InChI=1S/C27H40N4O4S/c1-5-8-29-9-11-30(12-10-29)18-6-7-19(26(28)33)20(14-18)21(13-17(2)3)27(34)31-15-23(36-4)25-24(31)22(32)16-35-25/h6-7,14,17,21,23-25H,5,8-13,15-16H2,1-4H3,(H2,28,33)/t21-,23-,24+,25+/m0/s1. The van der Waals surface area contributed by atoms with Gasteiger partial charge in [0, 0.05) is 44.0 Å². The molecular formula is C27H40N4O4S. The topological polar surface area (TPSA) is 96.2 Å². The smallest absolute Gasteiger partial charge is 0.249 e. The summed E-state index contributed by atoms with van der Waals surface area (Å²) in [5.41, 5.74) is 7.87. The summed E-state index contributed by atoms with van der Waals surface area (Å²) < 4.78 is 5.78. The number of thioether (sulfide) groups is 1. The third-order valence-corrected chi connectivity index (χ3v) is 8.71. The lowest BCUT2D eigenvalue weighted by Crippen LogP contribution is -2.46. The van der Waals surface area contributed by atoms with Crippen LogP contribution in [0.2, 0.25) is 0 Å². The van der Waals surface area contributed by atoms with Gasteiger partial charge in [-0.3, -0.25) is 19.3 Å². The molecule has 3 aliphatic heterocycles. The minimum absolute atomic E-state index is 0.0398. The Kier molecular flexibility index (Phi) is 8.63. The van der Waals surface area contributed by atoms with Gasteiger partial charge in [0.2, 0.25) is 11.8 Å². The molecule has 9 heteroatoms. The molecule has 1 aromatic carbocycles. The van der Waals surface area contributed by atoms with E-state index in [2.05, 4.69) is 30.6 Å². The van der Waals surface area contributed by atoms with E-state index >= 15 is 0 Å². The van der Waals surface area contributed by atoms with Crippen LogP contribution in [0.15, 0.2) is 18.2 Å². The Labute approximate surface area is 218 Å². The predicted octanol–water partition coefficient (Wildman–Crippen LogP) is 2.36. The first-order chi connectivity index (χ1) is 17.2. The summed E-state index contributed by atoms with van der Waals surface area (Å²) in [6, 6.07) is 5.16. The van der Waals surface area contributed by atoms with Crippen molar-refractivity contribution in [2.24, 2.45) is 11.7 Å². The number of ether oxygens (including phenoxy) is 1. The molecule has 36 heavy (non-hydrogen) atoms. The van der Waals surface area contributed by atoms with Gasteiger partial charge in [-0.25, -0.2) is 0 Å². The number of ketones is 1. The Morgan fingerprint density at radius 3 is 2.53 bits per heavy atom. The number of carbonyl (C=O) groups excluding carboxylic acids is 3. The van der Waals surface area contributed by atoms with Crippen LogP contribution in [-0.2, 0) is 14.3 Å². The molecule has 0 aromatic heterocycles. The number of benzene rings is 1. The summed E-state index contributed by atoms with van der Waals surface area (Å²) >= 11 is 1.63. The minimum atomic E-state index is -0.552. The number of Topliss-reactive ketones (excluding diaryl/α,β-unsaturated/α-hetero) is 1. The van der Waals surface area contributed by atoms with E-state index < -0.39 is 17.9 Å². The third kappa shape index (κ3) is 5.43. The normalized spacial score (nSPS) is 25.5. The molecule has 4 rings (SSSR count). The van der Waals surface area contributed by atoms with Gasteiger partial charge in [0.05, 0.1) is 17.3 Å². The summed E-state index contributed by atoms with van der Waals surface area (Å²) in [6.07, 6.45) is 3.43. The van der Waals surface area contributed by atoms with Gasteiger partial charge in [-0.1, -0.05) is 20.8 Å². The van der Waals surface area contributed by atoms with Crippen LogP contribution in [0.25, 0.3) is 0 Å². The number of primary amides is 1. The van der Waals surface area contributed by atoms with Crippen molar-refractivity contribution >= 4 is 35.0 Å². The Hall–Kier alpha value is -2.10. The maximum absolute atomic E-state index is 14.1. The number of rotatable bonds is 9. The average Bonchev–Trinajstić information content (AvgIpc) is 3.42. The van der Waals surface area contributed by atoms with E-state index in [-0.39, 0.29) is 35.6 Å². The van der Waals surface area contributed by atoms with E-state index in [4.69, 9.17) is 10.5 Å². The second-order valence-corrected chi connectivity index (χ2v) is 11.7. The molecule has 3 saturated heterocycles. The fraction of sp³-hybridized carbons (Fsp3) is 0.667. The summed E-state index contributed by atoms with van der Waals surface area (Å²) in [4.78, 5) is 45.8. The highest BCUT2D eigenvalue weighted by molar-refractivity contribution is 7.99. The van der Waals surface area contributed by atoms with E-state index in [1.54, 1.807) is 22.7 Å². The summed E-state index contributed by atoms with van der Waals surface area (Å²) in [5.74, 6) is -1.02. The van der Waals surface area contributed by atoms with Gasteiger partial charge in [0.25, 0.3) is 0 Å². The lowest BCUT2D eigenvalue weighted by molar-refractivity contribution is -0.138. The highest BCUT2D eigenvalue weighted by Gasteiger charge is 2.53. The van der Waals surface area contributed by atoms with Crippen LogP contribution in [-0.4, -0.2) is 96.9 Å². The van der Waals surface area contributed by atoms with E-state index in [1.807, 2.05) is 18.4 Å². The van der Waals surface area contributed by atoms with Crippen LogP contribution < -0.4 is 10.6 Å². The first kappa shape index (κ1) is 26.9.